The van der Waals surface area contributed by atoms with Gasteiger partial charge in [0.1, 0.15) is 0 Å². The highest BCUT2D eigenvalue weighted by Crippen LogP contribution is 2.24. The van der Waals surface area contributed by atoms with Gasteiger partial charge in [0.15, 0.2) is 0 Å². The number of para-hydroxylation sites is 1. The van der Waals surface area contributed by atoms with E-state index < -0.39 is 10.0 Å². The number of benzene rings is 3. The van der Waals surface area contributed by atoms with Crippen molar-refractivity contribution >= 4 is 39.1 Å². The first-order valence-electron chi connectivity index (χ1n) is 8.64. The van der Waals surface area contributed by atoms with E-state index in [1.165, 1.54) is 23.9 Å². The molecule has 0 aromatic heterocycles. The van der Waals surface area contributed by atoms with E-state index in [4.69, 9.17) is 0 Å². The van der Waals surface area contributed by atoms with Crippen molar-refractivity contribution in [3.8, 4) is 0 Å². The molecule has 1 amide bonds. The van der Waals surface area contributed by atoms with Crippen LogP contribution in [0.4, 0.5) is 11.4 Å². The average Bonchev–Trinajstić information content (AvgIpc) is 2.69. The fourth-order valence-corrected chi connectivity index (χ4v) is 4.39. The van der Waals surface area contributed by atoms with Crippen LogP contribution in [0.2, 0.25) is 0 Å². The summed E-state index contributed by atoms with van der Waals surface area (Å²) in [7, 11) is -3.68. The summed E-state index contributed by atoms with van der Waals surface area (Å²) in [5, 5.41) is 2.53. The molecular weight excluding hydrogens is 392 g/mol. The lowest BCUT2D eigenvalue weighted by Crippen LogP contribution is -2.22. The van der Waals surface area contributed by atoms with Crippen LogP contribution in [-0.2, 0) is 14.8 Å². The van der Waals surface area contributed by atoms with Gasteiger partial charge >= 0.3 is 0 Å². The van der Waals surface area contributed by atoms with E-state index in [2.05, 4.69) is 10.0 Å². The maximum absolute atomic E-state index is 12.4. The minimum Gasteiger partial charge on any atom is -0.325 e. The van der Waals surface area contributed by atoms with E-state index in [-0.39, 0.29) is 16.1 Å². The summed E-state index contributed by atoms with van der Waals surface area (Å²) in [5.74, 6) is -0.146. The molecule has 3 rings (SSSR count). The zero-order chi connectivity index (χ0) is 20.0. The Morgan fingerprint density at radius 3 is 2.00 bits per heavy atom. The number of sulfonamides is 1. The number of anilines is 2. The normalized spacial score (nSPS) is 12.2. The van der Waals surface area contributed by atoms with Crippen LogP contribution < -0.4 is 10.0 Å². The van der Waals surface area contributed by atoms with E-state index in [1.54, 1.807) is 36.4 Å². The average molecular weight is 413 g/mol. The van der Waals surface area contributed by atoms with Gasteiger partial charge in [-0.1, -0.05) is 36.4 Å². The molecule has 0 spiro atoms. The maximum atomic E-state index is 12.4. The number of thioether (sulfide) groups is 1. The first-order valence-corrected chi connectivity index (χ1v) is 11.0. The van der Waals surface area contributed by atoms with Gasteiger partial charge in [-0.25, -0.2) is 8.42 Å². The maximum Gasteiger partial charge on any atom is 0.261 e. The van der Waals surface area contributed by atoms with Crippen LogP contribution in [0.15, 0.2) is 94.7 Å². The van der Waals surface area contributed by atoms with E-state index in [0.29, 0.717) is 11.4 Å². The molecule has 0 fully saturated rings. The molecule has 0 aliphatic rings. The summed E-state index contributed by atoms with van der Waals surface area (Å²) in [6.45, 7) is 1.83. The minimum absolute atomic E-state index is 0.126. The first kappa shape index (κ1) is 20.0. The monoisotopic (exact) mass is 412 g/mol. The molecule has 7 heteroatoms. The lowest BCUT2D eigenvalue weighted by atomic mass is 10.3. The zero-order valence-electron chi connectivity index (χ0n) is 15.2. The Balaban J connectivity index is 1.63. The summed E-state index contributed by atoms with van der Waals surface area (Å²) in [4.78, 5) is 13.5. The van der Waals surface area contributed by atoms with E-state index >= 15 is 0 Å². The summed E-state index contributed by atoms with van der Waals surface area (Å²) >= 11 is 1.46. The van der Waals surface area contributed by atoms with Crippen LogP contribution in [-0.4, -0.2) is 19.6 Å². The van der Waals surface area contributed by atoms with Crippen LogP contribution in [0.3, 0.4) is 0 Å². The molecule has 0 bridgehead atoms. The molecule has 0 aliphatic heterocycles. The fraction of sp³-hybridized carbons (Fsp3) is 0.0952. The van der Waals surface area contributed by atoms with Crippen LogP contribution >= 0.6 is 11.8 Å². The van der Waals surface area contributed by atoms with Crippen molar-refractivity contribution in [2.45, 2.75) is 22.0 Å². The number of hydrogen-bond donors (Lipinski definition) is 2. The molecule has 0 aliphatic carbocycles. The number of carbonyl (C=O) groups is 1. The van der Waals surface area contributed by atoms with Gasteiger partial charge in [0.2, 0.25) is 5.91 Å². The molecule has 1 atom stereocenters. The summed E-state index contributed by atoms with van der Waals surface area (Å²) < 4.78 is 27.4. The predicted molar refractivity (Wildman–Crippen MR) is 114 cm³/mol. The van der Waals surface area contributed by atoms with E-state index in [0.717, 1.165) is 4.90 Å². The van der Waals surface area contributed by atoms with Crippen molar-refractivity contribution < 1.29 is 13.2 Å². The Kier molecular flexibility index (Phi) is 6.38. The fourth-order valence-electron chi connectivity index (χ4n) is 2.44. The van der Waals surface area contributed by atoms with E-state index in [9.17, 15) is 13.2 Å². The first-order chi connectivity index (χ1) is 13.4. The Labute approximate surface area is 169 Å². The molecule has 3 aromatic rings. The number of nitrogens with one attached hydrogen (secondary N) is 2. The highest BCUT2D eigenvalue weighted by molar-refractivity contribution is 8.00. The number of hydrogen-bond acceptors (Lipinski definition) is 4. The van der Waals surface area contributed by atoms with Crippen LogP contribution in [0.25, 0.3) is 0 Å². The molecule has 0 saturated carbocycles. The third kappa shape index (κ3) is 5.37. The number of carbonyl (C=O) groups excluding carboxylic acids is 1. The summed E-state index contributed by atoms with van der Waals surface area (Å²) in [6.07, 6.45) is 0. The lowest BCUT2D eigenvalue weighted by molar-refractivity contribution is -0.115. The molecule has 0 heterocycles. The van der Waals surface area contributed by atoms with Gasteiger partial charge in [-0.05, 0) is 55.5 Å². The quantitative estimate of drug-likeness (QED) is 0.556. The summed E-state index contributed by atoms with van der Waals surface area (Å²) in [6, 6.07) is 24.5. The third-order valence-corrected chi connectivity index (χ3v) is 6.39. The molecule has 2 N–H and O–H groups in total. The van der Waals surface area contributed by atoms with Gasteiger partial charge in [-0.3, -0.25) is 9.52 Å². The SMILES string of the molecule is C[C@H](Sc1ccccc1)C(=O)Nc1ccc(S(=O)(=O)Nc2ccccc2)cc1. The van der Waals surface area contributed by atoms with Gasteiger partial charge in [-0.2, -0.15) is 0 Å². The topological polar surface area (TPSA) is 75.3 Å². The predicted octanol–water partition coefficient (Wildman–Crippen LogP) is 4.61. The second-order valence-electron chi connectivity index (χ2n) is 6.06. The van der Waals surface area contributed by atoms with Gasteiger partial charge in [-0.15, -0.1) is 11.8 Å². The van der Waals surface area contributed by atoms with Crippen molar-refractivity contribution in [3.05, 3.63) is 84.9 Å². The van der Waals surface area contributed by atoms with Crippen molar-refractivity contribution in [1.29, 1.82) is 0 Å². The molecular formula is C21H20N2O3S2. The molecule has 5 nitrogen and oxygen atoms in total. The van der Waals surface area contributed by atoms with Gasteiger partial charge in [0.05, 0.1) is 10.1 Å². The number of amides is 1. The molecule has 0 radical (unpaired) electrons. The Bertz CT molecular complexity index is 1020. The molecule has 0 unspecified atom stereocenters. The molecule has 144 valence electrons. The van der Waals surface area contributed by atoms with Crippen molar-refractivity contribution in [3.63, 3.8) is 0 Å². The smallest absolute Gasteiger partial charge is 0.261 e. The Hall–Kier alpha value is -2.77. The second kappa shape index (κ2) is 8.95. The van der Waals surface area contributed by atoms with Gasteiger partial charge in [0, 0.05) is 16.3 Å². The van der Waals surface area contributed by atoms with Gasteiger partial charge < -0.3 is 5.32 Å². The molecule has 28 heavy (non-hydrogen) atoms. The largest absolute Gasteiger partial charge is 0.325 e. The second-order valence-corrected chi connectivity index (χ2v) is 9.15. The highest BCUT2D eigenvalue weighted by atomic mass is 32.2. The van der Waals surface area contributed by atoms with Crippen molar-refractivity contribution in [2.24, 2.45) is 0 Å². The van der Waals surface area contributed by atoms with Crippen molar-refractivity contribution in [2.75, 3.05) is 10.0 Å². The number of rotatable bonds is 7. The van der Waals surface area contributed by atoms with E-state index in [1.807, 2.05) is 43.3 Å². The third-order valence-electron chi connectivity index (χ3n) is 3.88. The Morgan fingerprint density at radius 2 is 1.39 bits per heavy atom. The minimum atomic E-state index is -3.68. The molecule has 0 saturated heterocycles. The standard InChI is InChI=1S/C21H20N2O3S2/c1-16(27-19-10-6-3-7-11-19)21(24)22-17-12-14-20(15-13-17)28(25,26)23-18-8-4-2-5-9-18/h2-16,23H,1H3,(H,22,24)/t16-/m0/s1. The van der Waals surface area contributed by atoms with Crippen LogP contribution in [0, 0.1) is 0 Å². The summed E-state index contributed by atoms with van der Waals surface area (Å²) in [5.41, 5.74) is 1.04. The van der Waals surface area contributed by atoms with Gasteiger partial charge in [0.25, 0.3) is 10.0 Å². The lowest BCUT2D eigenvalue weighted by Gasteiger charge is -2.13. The van der Waals surface area contributed by atoms with Crippen LogP contribution in [0.5, 0.6) is 0 Å². The van der Waals surface area contributed by atoms with Crippen LogP contribution in [0.1, 0.15) is 6.92 Å². The Morgan fingerprint density at radius 1 is 0.821 bits per heavy atom. The highest BCUT2D eigenvalue weighted by Gasteiger charge is 2.16. The molecule has 3 aromatic carbocycles. The zero-order valence-corrected chi connectivity index (χ0v) is 16.8. The van der Waals surface area contributed by atoms with Crippen molar-refractivity contribution in [1.82, 2.24) is 0 Å².